The monoisotopic (exact) mass is 486 g/mol. The maximum Gasteiger partial charge on any atom is 0.193 e. The summed E-state index contributed by atoms with van der Waals surface area (Å²) in [6, 6.07) is 13.1. The summed E-state index contributed by atoms with van der Waals surface area (Å²) < 4.78 is 0. The van der Waals surface area contributed by atoms with Crippen LogP contribution in [0.3, 0.4) is 0 Å². The van der Waals surface area contributed by atoms with E-state index in [2.05, 4.69) is 82.9 Å². The zero-order valence-corrected chi connectivity index (χ0v) is 19.4. The summed E-state index contributed by atoms with van der Waals surface area (Å²) in [7, 11) is 6.08. The Morgan fingerprint density at radius 1 is 1.15 bits per heavy atom. The molecule has 0 saturated heterocycles. The lowest BCUT2D eigenvalue weighted by atomic mass is 10.1. The molecule has 0 atom stereocenters. The van der Waals surface area contributed by atoms with Gasteiger partial charge < -0.3 is 15.1 Å². The van der Waals surface area contributed by atoms with Crippen molar-refractivity contribution in [3.63, 3.8) is 0 Å². The van der Waals surface area contributed by atoms with Gasteiger partial charge in [0.1, 0.15) is 0 Å². The molecule has 1 N–H and O–H groups in total. The summed E-state index contributed by atoms with van der Waals surface area (Å²) in [5, 5.41) is 5.61. The van der Waals surface area contributed by atoms with Crippen LogP contribution in [0.15, 0.2) is 46.8 Å². The van der Waals surface area contributed by atoms with Gasteiger partial charge in [0.05, 0.1) is 0 Å². The van der Waals surface area contributed by atoms with Gasteiger partial charge in [-0.15, -0.1) is 35.3 Å². The second-order valence-corrected chi connectivity index (χ2v) is 7.33. The predicted molar refractivity (Wildman–Crippen MR) is 125 cm³/mol. The normalized spacial score (nSPS) is 11.3. The lowest BCUT2D eigenvalue weighted by Gasteiger charge is -2.22. The molecule has 26 heavy (non-hydrogen) atoms. The van der Waals surface area contributed by atoms with E-state index in [1.807, 2.05) is 18.4 Å². The van der Waals surface area contributed by atoms with Gasteiger partial charge >= 0.3 is 0 Å². The smallest absolute Gasteiger partial charge is 0.193 e. The zero-order valence-electron chi connectivity index (χ0n) is 16.2. The molecule has 1 aromatic carbocycles. The van der Waals surface area contributed by atoms with Crippen LogP contribution in [0.1, 0.15) is 22.9 Å². The van der Waals surface area contributed by atoms with Gasteiger partial charge in [-0.1, -0.05) is 37.3 Å². The Morgan fingerprint density at radius 2 is 1.92 bits per heavy atom. The molecular formula is C20H31IN4S. The highest BCUT2D eigenvalue weighted by Crippen LogP contribution is 2.10. The van der Waals surface area contributed by atoms with E-state index in [1.165, 1.54) is 16.0 Å². The molecule has 4 nitrogen and oxygen atoms in total. The minimum Gasteiger partial charge on any atom is -0.352 e. The van der Waals surface area contributed by atoms with Crippen LogP contribution in [0.25, 0.3) is 0 Å². The first-order valence-corrected chi connectivity index (χ1v) is 9.71. The van der Waals surface area contributed by atoms with E-state index in [4.69, 9.17) is 0 Å². The number of aliphatic imine (C=N–C) groups is 1. The molecule has 0 amide bonds. The average Bonchev–Trinajstić information content (AvgIpc) is 3.14. The topological polar surface area (TPSA) is 30.9 Å². The molecule has 144 valence electrons. The van der Waals surface area contributed by atoms with Gasteiger partial charge in [-0.2, -0.15) is 0 Å². The largest absolute Gasteiger partial charge is 0.352 e. The third kappa shape index (κ3) is 7.63. The number of rotatable bonds is 8. The van der Waals surface area contributed by atoms with Crippen LogP contribution in [0.2, 0.25) is 0 Å². The Kier molecular flexibility index (Phi) is 10.8. The van der Waals surface area contributed by atoms with Crippen LogP contribution in [-0.4, -0.2) is 50.0 Å². The quantitative estimate of drug-likeness (QED) is 0.347. The van der Waals surface area contributed by atoms with Gasteiger partial charge in [0.2, 0.25) is 0 Å². The third-order valence-electron chi connectivity index (χ3n) is 4.28. The molecule has 1 aromatic heterocycles. The Labute approximate surface area is 179 Å². The molecule has 2 rings (SSSR count). The fourth-order valence-corrected chi connectivity index (χ4v) is 3.36. The van der Waals surface area contributed by atoms with Crippen molar-refractivity contribution < 1.29 is 0 Å². The number of nitrogens with zero attached hydrogens (tertiary/aromatic N) is 3. The highest BCUT2D eigenvalue weighted by molar-refractivity contribution is 14.0. The first kappa shape index (κ1) is 22.9. The van der Waals surface area contributed by atoms with Crippen LogP contribution in [0, 0.1) is 0 Å². The molecule has 0 aliphatic heterocycles. The second kappa shape index (κ2) is 12.3. The van der Waals surface area contributed by atoms with Crippen LogP contribution in [0.5, 0.6) is 0 Å². The second-order valence-electron chi connectivity index (χ2n) is 6.30. The van der Waals surface area contributed by atoms with Crippen molar-refractivity contribution in [3.8, 4) is 0 Å². The summed E-state index contributed by atoms with van der Waals surface area (Å²) >= 11 is 1.81. The molecule has 0 radical (unpaired) electrons. The van der Waals surface area contributed by atoms with Crippen LogP contribution < -0.4 is 5.32 Å². The van der Waals surface area contributed by atoms with Crippen molar-refractivity contribution >= 4 is 41.3 Å². The van der Waals surface area contributed by atoms with Crippen LogP contribution in [-0.2, 0) is 19.5 Å². The van der Waals surface area contributed by atoms with Crippen LogP contribution >= 0.6 is 35.3 Å². The van der Waals surface area contributed by atoms with Gasteiger partial charge in [-0.25, -0.2) is 0 Å². The molecular weight excluding hydrogens is 455 g/mol. The maximum atomic E-state index is 4.41. The molecule has 0 saturated carbocycles. The minimum absolute atomic E-state index is 0. The molecule has 0 aliphatic carbocycles. The first-order valence-electron chi connectivity index (χ1n) is 8.83. The predicted octanol–water partition coefficient (Wildman–Crippen LogP) is 4.07. The molecule has 0 aliphatic rings. The van der Waals surface area contributed by atoms with E-state index in [0.717, 1.165) is 38.6 Å². The Morgan fingerprint density at radius 3 is 2.58 bits per heavy atom. The summed E-state index contributed by atoms with van der Waals surface area (Å²) in [6.45, 7) is 5.98. The first-order chi connectivity index (χ1) is 12.1. The zero-order chi connectivity index (χ0) is 18.1. The van der Waals surface area contributed by atoms with Crippen molar-refractivity contribution in [2.75, 3.05) is 34.2 Å². The van der Waals surface area contributed by atoms with E-state index in [-0.39, 0.29) is 24.0 Å². The van der Waals surface area contributed by atoms with E-state index < -0.39 is 0 Å². The average molecular weight is 486 g/mol. The number of hydrogen-bond donors (Lipinski definition) is 1. The Balaban J connectivity index is 0.00000338. The van der Waals surface area contributed by atoms with E-state index >= 15 is 0 Å². The number of likely N-dealkylation sites (N-methyl/N-ethyl adjacent to an activating group) is 1. The fraction of sp³-hybridized carbons (Fsp3) is 0.450. The number of halogens is 1. The fourth-order valence-electron chi connectivity index (χ4n) is 2.67. The van der Waals surface area contributed by atoms with Crippen molar-refractivity contribution in [3.05, 3.63) is 57.8 Å². The summed E-state index contributed by atoms with van der Waals surface area (Å²) in [5.41, 5.74) is 2.64. The summed E-state index contributed by atoms with van der Waals surface area (Å²) in [6.07, 6.45) is 1.05. The number of benzene rings is 1. The number of guanidine groups is 1. The van der Waals surface area contributed by atoms with E-state index in [9.17, 15) is 0 Å². The number of hydrogen-bond acceptors (Lipinski definition) is 3. The van der Waals surface area contributed by atoms with E-state index in [0.29, 0.717) is 0 Å². The Bertz CT molecular complexity index is 658. The maximum absolute atomic E-state index is 4.41. The highest BCUT2D eigenvalue weighted by atomic mass is 127. The van der Waals surface area contributed by atoms with Gasteiger partial charge in [-0.3, -0.25) is 4.99 Å². The molecule has 1 heterocycles. The van der Waals surface area contributed by atoms with Crippen LogP contribution in [0.4, 0.5) is 0 Å². The molecule has 0 unspecified atom stereocenters. The molecule has 0 fully saturated rings. The summed E-state index contributed by atoms with van der Waals surface area (Å²) in [4.78, 5) is 10.3. The van der Waals surface area contributed by atoms with Gasteiger partial charge in [-0.05, 0) is 42.6 Å². The highest BCUT2D eigenvalue weighted by Gasteiger charge is 2.07. The number of thiophene rings is 1. The van der Waals surface area contributed by atoms with Crippen molar-refractivity contribution in [1.82, 2.24) is 15.1 Å². The molecule has 6 heteroatoms. The van der Waals surface area contributed by atoms with Crippen molar-refractivity contribution in [2.45, 2.75) is 26.4 Å². The van der Waals surface area contributed by atoms with Gasteiger partial charge in [0.15, 0.2) is 5.96 Å². The summed E-state index contributed by atoms with van der Waals surface area (Å²) in [5.74, 6) is 0.938. The Hall–Kier alpha value is -1.12. The van der Waals surface area contributed by atoms with Gasteiger partial charge in [0, 0.05) is 38.6 Å². The third-order valence-corrected chi connectivity index (χ3v) is 5.22. The molecule has 0 spiro atoms. The minimum atomic E-state index is 0. The van der Waals surface area contributed by atoms with Gasteiger partial charge in [0.25, 0.3) is 0 Å². The van der Waals surface area contributed by atoms with Crippen molar-refractivity contribution in [1.29, 1.82) is 0 Å². The lowest BCUT2D eigenvalue weighted by Crippen LogP contribution is -2.39. The lowest BCUT2D eigenvalue weighted by molar-refractivity contribution is 0.345. The van der Waals surface area contributed by atoms with E-state index in [1.54, 1.807) is 0 Å². The SMILES string of the molecule is CCN(C)Cc1cccc(CNC(=NC)N(C)CCc2cccs2)c1.I. The standard InChI is InChI=1S/C20H30N4S.HI/c1-5-23(3)16-18-9-6-8-17(14-18)15-22-20(21-2)24(4)12-11-19-10-7-13-25-19;/h6-10,13-14H,5,11-12,15-16H2,1-4H3,(H,21,22);1H. The number of nitrogens with one attached hydrogen (secondary N) is 1. The molecule has 2 aromatic rings. The molecule has 0 bridgehead atoms. The van der Waals surface area contributed by atoms with Crippen molar-refractivity contribution in [2.24, 2.45) is 4.99 Å².